The van der Waals surface area contributed by atoms with Crippen LogP contribution in [-0.4, -0.2) is 96.6 Å². The van der Waals surface area contributed by atoms with Crippen LogP contribution in [0.25, 0.3) is 0 Å². The van der Waals surface area contributed by atoms with Gasteiger partial charge in [0.05, 0.1) is 38.1 Å². The Kier molecular flexibility index (Phi) is 8.86. The third-order valence-electron chi connectivity index (χ3n) is 10.8. The van der Waals surface area contributed by atoms with Crippen LogP contribution in [0.4, 0.5) is 0 Å². The Labute approximate surface area is 298 Å². The van der Waals surface area contributed by atoms with Crippen molar-refractivity contribution in [3.63, 3.8) is 0 Å². The van der Waals surface area contributed by atoms with Crippen LogP contribution in [0.15, 0.2) is 53.3 Å². The van der Waals surface area contributed by atoms with Crippen LogP contribution in [0.5, 0.6) is 28.7 Å². The van der Waals surface area contributed by atoms with Crippen molar-refractivity contribution < 1.29 is 68.1 Å². The molecule has 0 bridgehead atoms. The number of nitrogens with one attached hydrogen (secondary N) is 1. The van der Waals surface area contributed by atoms with E-state index in [9.17, 15) is 30.0 Å². The number of ether oxygens (including phenoxy) is 7. The summed E-state index contributed by atoms with van der Waals surface area (Å²) in [4.78, 5) is 28.3. The first-order chi connectivity index (χ1) is 25.1. The van der Waals surface area contributed by atoms with Gasteiger partial charge in [-0.3, -0.25) is 14.7 Å². The topological polar surface area (TPSA) is 199 Å². The summed E-state index contributed by atoms with van der Waals surface area (Å²) in [5.41, 5.74) is 4.17. The second kappa shape index (κ2) is 13.4. The number of carbonyl (C=O) groups excluding carboxylic acids is 2. The van der Waals surface area contributed by atoms with Gasteiger partial charge >= 0.3 is 5.97 Å². The number of fused-ring (bicyclic) bond motifs is 7. The molecule has 4 N–H and O–H groups in total. The zero-order valence-electron chi connectivity index (χ0n) is 28.6. The summed E-state index contributed by atoms with van der Waals surface area (Å²) in [5.74, 6) is -0.368. The van der Waals surface area contributed by atoms with Gasteiger partial charge in [0.15, 0.2) is 11.5 Å². The molecule has 15 heteroatoms. The van der Waals surface area contributed by atoms with Crippen molar-refractivity contribution in [3.05, 3.63) is 65.0 Å². The fourth-order valence-corrected chi connectivity index (χ4v) is 8.50. The molecule has 2 aromatic carbocycles. The number of aliphatic imine (C=N–C) groups is 1. The average molecular weight is 721 g/mol. The van der Waals surface area contributed by atoms with E-state index in [2.05, 4.69) is 11.2 Å². The number of aliphatic carboxylic acids is 1. The molecular formula is C37H40N2O13. The number of esters is 1. The van der Waals surface area contributed by atoms with Gasteiger partial charge in [-0.15, -0.1) is 0 Å². The summed E-state index contributed by atoms with van der Waals surface area (Å²) in [5, 5.41) is 43.0. The maximum Gasteiger partial charge on any atom is 0.311 e. The number of quaternary nitrogens is 1. The molecule has 0 radical (unpaired) electrons. The molecule has 1 spiro atoms. The molecule has 1 saturated carbocycles. The fraction of sp³-hybridized carbons (Fsp3) is 0.486. The number of hydrogen-bond acceptors (Lipinski definition) is 14. The number of carboxylic acid groups (broad SMARTS) is 1. The monoisotopic (exact) mass is 720 g/mol. The molecule has 1 aliphatic carbocycles. The number of rotatable bonds is 10. The van der Waals surface area contributed by atoms with Crippen LogP contribution in [-0.2, 0) is 25.6 Å². The quantitative estimate of drug-likeness (QED) is 0.185. The zero-order chi connectivity index (χ0) is 36.3. The predicted octanol–water partition coefficient (Wildman–Crippen LogP) is -0.253. The van der Waals surface area contributed by atoms with E-state index in [1.54, 1.807) is 26.5 Å². The number of allylic oxidation sites excluding steroid dienone is 1. The molecule has 5 heterocycles. The van der Waals surface area contributed by atoms with Crippen LogP contribution >= 0.6 is 0 Å². The molecule has 6 aliphatic rings. The van der Waals surface area contributed by atoms with Crippen molar-refractivity contribution >= 4 is 17.7 Å². The number of nitrogens with zero attached hydrogens (tertiary/aromatic N) is 1. The Balaban J connectivity index is 1.16. The van der Waals surface area contributed by atoms with Gasteiger partial charge in [-0.1, -0.05) is 6.07 Å². The van der Waals surface area contributed by atoms with E-state index in [1.165, 1.54) is 0 Å². The number of carbonyl (C=O) groups is 2. The minimum Gasteiger partial charge on any atom is -0.550 e. The number of aliphatic hydroxyl groups is 3. The molecule has 2 aromatic rings. The summed E-state index contributed by atoms with van der Waals surface area (Å²) < 4.78 is 42.4. The molecule has 0 amide bonds. The Bertz CT molecular complexity index is 1870. The van der Waals surface area contributed by atoms with Crippen molar-refractivity contribution in [2.75, 3.05) is 27.4 Å². The lowest BCUT2D eigenvalue weighted by Gasteiger charge is -2.44. The van der Waals surface area contributed by atoms with Crippen LogP contribution in [0.3, 0.4) is 0 Å². The summed E-state index contributed by atoms with van der Waals surface area (Å²) in [6.07, 6.45) is 0.0889. The minimum atomic E-state index is -1.73. The number of carboxylic acids is 1. The number of benzene rings is 2. The number of aliphatic hydroxyl groups excluding tert-OH is 3. The van der Waals surface area contributed by atoms with Crippen LogP contribution in [0.2, 0.25) is 0 Å². The van der Waals surface area contributed by atoms with E-state index in [0.717, 1.165) is 58.6 Å². The Hall–Kier alpha value is -4.67. The standard InChI is InChI=1S/C37H40N2O13/c1-46-23-6-5-21-29-35(51-33(21)34(23)47-2)28-19(15-39-14-18-7-10-38-22(18)16-39)11-20(12-24(28)52-37(29)8-3-4-9-37)49-36-32(45)31(44)30(43)25(50-36)17-48-27(42)13-26(40)41/h5-7,10-12,14,25,29-32,35-36,43-45H,3-4,8-9,13,15-17H2,1-2H3,(H,40,41). The Morgan fingerprint density at radius 1 is 1.08 bits per heavy atom. The van der Waals surface area contributed by atoms with Gasteiger partial charge < -0.3 is 58.4 Å². The van der Waals surface area contributed by atoms with E-state index in [-0.39, 0.29) is 11.7 Å². The number of methoxy groups -OCH3 is 2. The largest absolute Gasteiger partial charge is 0.550 e. The highest BCUT2D eigenvalue weighted by Crippen LogP contribution is 2.64. The van der Waals surface area contributed by atoms with Crippen molar-refractivity contribution in [1.82, 2.24) is 0 Å². The van der Waals surface area contributed by atoms with Crippen molar-refractivity contribution in [1.29, 1.82) is 0 Å². The van der Waals surface area contributed by atoms with Crippen LogP contribution in [0.1, 0.15) is 60.8 Å². The maximum atomic E-state index is 11.8. The highest BCUT2D eigenvalue weighted by atomic mass is 16.7. The van der Waals surface area contributed by atoms with E-state index in [1.807, 2.05) is 24.3 Å². The highest BCUT2D eigenvalue weighted by molar-refractivity contribution is 6.06. The maximum absolute atomic E-state index is 11.8. The lowest BCUT2D eigenvalue weighted by Crippen LogP contribution is -3.05. The molecule has 8 atom stereocenters. The molecular weight excluding hydrogens is 680 g/mol. The average Bonchev–Trinajstić information content (AvgIpc) is 3.91. The lowest BCUT2D eigenvalue weighted by atomic mass is 9.73. The fourth-order valence-electron chi connectivity index (χ4n) is 8.50. The predicted molar refractivity (Wildman–Crippen MR) is 176 cm³/mol. The lowest BCUT2D eigenvalue weighted by molar-refractivity contribution is -0.848. The highest BCUT2D eigenvalue weighted by Gasteiger charge is 2.58. The van der Waals surface area contributed by atoms with Gasteiger partial charge in [0.25, 0.3) is 0 Å². The molecule has 52 heavy (non-hydrogen) atoms. The minimum absolute atomic E-state index is 0.137. The summed E-state index contributed by atoms with van der Waals surface area (Å²) >= 11 is 0. The first-order valence-electron chi connectivity index (χ1n) is 17.4. The summed E-state index contributed by atoms with van der Waals surface area (Å²) in [6, 6.07) is 7.48. The Morgan fingerprint density at radius 3 is 2.62 bits per heavy atom. The normalized spacial score (nSPS) is 30.2. The van der Waals surface area contributed by atoms with Crippen molar-refractivity contribution in [2.24, 2.45) is 4.99 Å². The smallest absolute Gasteiger partial charge is 0.311 e. The first kappa shape index (κ1) is 34.4. The van der Waals surface area contributed by atoms with Gasteiger partial charge in [-0.2, -0.15) is 0 Å². The second-order valence-electron chi connectivity index (χ2n) is 14.0. The van der Waals surface area contributed by atoms with E-state index in [4.69, 9.17) is 33.2 Å². The third-order valence-corrected chi connectivity index (χ3v) is 10.8. The van der Waals surface area contributed by atoms with Gasteiger partial charge in [-0.05, 0) is 43.9 Å². The number of hydrogen-bond donors (Lipinski definition) is 4. The van der Waals surface area contributed by atoms with Crippen LogP contribution in [0, 0.1) is 0 Å². The first-order valence-corrected chi connectivity index (χ1v) is 17.4. The molecule has 2 fully saturated rings. The zero-order valence-corrected chi connectivity index (χ0v) is 28.6. The van der Waals surface area contributed by atoms with Gasteiger partial charge in [0, 0.05) is 29.0 Å². The summed E-state index contributed by atoms with van der Waals surface area (Å²) in [6.45, 7) is 0.570. The van der Waals surface area contributed by atoms with Gasteiger partial charge in [-0.25, -0.2) is 0 Å². The second-order valence-corrected chi connectivity index (χ2v) is 14.0. The van der Waals surface area contributed by atoms with Crippen LogP contribution < -0.4 is 33.7 Å². The molecule has 8 unspecified atom stereocenters. The molecule has 1 saturated heterocycles. The molecule has 276 valence electrons. The van der Waals surface area contributed by atoms with E-state index >= 15 is 0 Å². The van der Waals surface area contributed by atoms with Gasteiger partial charge in [0.2, 0.25) is 12.0 Å². The van der Waals surface area contributed by atoms with E-state index < -0.39 is 67.4 Å². The SMILES string of the molecule is COc1ccc2c(c1OC)OC1c3c(C[NH+]4C=C5C=CN=C5C4)cc(OC4OC(COC(=O)CC(=O)[O-])C(O)C(O)C4O)cc3OC3(CCCC3)C21. The summed E-state index contributed by atoms with van der Waals surface area (Å²) in [7, 11) is 3.18. The molecule has 15 nitrogen and oxygen atoms in total. The third kappa shape index (κ3) is 5.86. The Morgan fingerprint density at radius 2 is 1.88 bits per heavy atom. The van der Waals surface area contributed by atoms with Crippen molar-refractivity contribution in [2.45, 2.75) is 87.0 Å². The molecule has 8 rings (SSSR count). The van der Waals surface area contributed by atoms with Gasteiger partial charge in [0.1, 0.15) is 79.2 Å². The molecule has 5 aliphatic heterocycles. The van der Waals surface area contributed by atoms with Crippen molar-refractivity contribution in [3.8, 4) is 28.7 Å². The molecule has 0 aromatic heterocycles. The van der Waals surface area contributed by atoms with E-state index in [0.29, 0.717) is 36.1 Å².